The largest absolute Gasteiger partial charge is 0.444 e. The number of thioether (sulfide) groups is 1. The molecule has 2 heterocycles. The van der Waals surface area contributed by atoms with Gasteiger partial charge in [0.25, 0.3) is 0 Å². The van der Waals surface area contributed by atoms with Crippen molar-refractivity contribution in [1.82, 2.24) is 14.9 Å². The predicted molar refractivity (Wildman–Crippen MR) is 122 cm³/mol. The smallest absolute Gasteiger partial charge is 0.410 e. The zero-order valence-corrected chi connectivity index (χ0v) is 18.7. The summed E-state index contributed by atoms with van der Waals surface area (Å²) in [5.41, 5.74) is 0.799. The van der Waals surface area contributed by atoms with Crippen LogP contribution < -0.4 is 5.32 Å². The number of carbonyl (C=O) groups is 2. The lowest BCUT2D eigenvalue weighted by atomic mass is 10.1. The van der Waals surface area contributed by atoms with Gasteiger partial charge in [-0.15, -0.1) is 0 Å². The number of amides is 1. The van der Waals surface area contributed by atoms with Crippen molar-refractivity contribution >= 4 is 50.5 Å². The maximum atomic E-state index is 12.1. The molecule has 1 amide bonds. The fourth-order valence-electron chi connectivity index (χ4n) is 3.00. The molecule has 0 aliphatic heterocycles. The quantitative estimate of drug-likeness (QED) is 0.599. The van der Waals surface area contributed by atoms with Crippen molar-refractivity contribution in [3.63, 3.8) is 0 Å². The number of likely N-dealkylation sites (N-methyl/N-ethyl adjacent to an activating group) is 1. The average molecular weight is 427 g/mol. The molecule has 0 saturated heterocycles. The van der Waals surface area contributed by atoms with Crippen LogP contribution in [0.15, 0.2) is 36.7 Å². The Bertz CT molecular complexity index is 1090. The maximum absolute atomic E-state index is 12.1. The Hall–Kier alpha value is -2.87. The summed E-state index contributed by atoms with van der Waals surface area (Å²) in [7, 11) is 1.70. The second-order valence-corrected chi connectivity index (χ2v) is 8.71. The van der Waals surface area contributed by atoms with Crippen molar-refractivity contribution in [2.75, 3.05) is 31.7 Å². The molecule has 0 spiro atoms. The second-order valence-electron chi connectivity index (χ2n) is 7.93. The summed E-state index contributed by atoms with van der Waals surface area (Å²) in [6.07, 6.45) is 4.91. The number of carbonyl (C=O) groups excluding carboxylic acids is 2. The summed E-state index contributed by atoms with van der Waals surface area (Å²) in [6, 6.07) is 7.44. The highest BCUT2D eigenvalue weighted by molar-refractivity contribution is 8.13. The number of rotatable bonds is 5. The van der Waals surface area contributed by atoms with Gasteiger partial charge in [-0.3, -0.25) is 9.78 Å². The molecule has 158 valence electrons. The normalized spacial score (nSPS) is 11.5. The second kappa shape index (κ2) is 8.87. The fourth-order valence-corrected chi connectivity index (χ4v) is 3.36. The number of hydrogen-bond donors (Lipinski definition) is 1. The van der Waals surface area contributed by atoms with Gasteiger partial charge < -0.3 is 15.0 Å². The lowest BCUT2D eigenvalue weighted by molar-refractivity contribution is 0.0305. The van der Waals surface area contributed by atoms with Crippen molar-refractivity contribution in [3.8, 4) is 0 Å². The third-order valence-electron chi connectivity index (χ3n) is 4.46. The van der Waals surface area contributed by atoms with Crippen LogP contribution in [0.1, 0.15) is 31.1 Å². The van der Waals surface area contributed by atoms with Gasteiger partial charge in [-0.25, -0.2) is 9.78 Å². The van der Waals surface area contributed by atoms with Gasteiger partial charge in [-0.1, -0.05) is 17.8 Å². The highest BCUT2D eigenvalue weighted by Crippen LogP contribution is 2.29. The zero-order valence-electron chi connectivity index (χ0n) is 17.9. The summed E-state index contributed by atoms with van der Waals surface area (Å²) in [6.45, 7) is 6.46. The van der Waals surface area contributed by atoms with E-state index in [4.69, 9.17) is 9.72 Å². The number of aromatic nitrogens is 2. The molecule has 0 radical (unpaired) electrons. The van der Waals surface area contributed by atoms with Crippen molar-refractivity contribution in [2.24, 2.45) is 0 Å². The number of benzene rings is 1. The standard InChI is InChI=1S/C22H26N4O3S/c1-22(2,3)29-21(28)26(4)11-10-24-19-16-8-9-23-13-17(16)15-7-6-14(20(27)30-5)12-18(15)25-19/h6-9,12-13H,10-11H2,1-5H3,(H,24,25). The highest BCUT2D eigenvalue weighted by atomic mass is 32.2. The Kier molecular flexibility index (Phi) is 6.45. The summed E-state index contributed by atoms with van der Waals surface area (Å²) in [4.78, 5) is 34.7. The van der Waals surface area contributed by atoms with E-state index < -0.39 is 5.60 Å². The van der Waals surface area contributed by atoms with E-state index in [9.17, 15) is 9.59 Å². The number of fused-ring (bicyclic) bond motifs is 3. The van der Waals surface area contributed by atoms with Crippen LogP contribution in [0.25, 0.3) is 21.7 Å². The average Bonchev–Trinajstić information content (AvgIpc) is 2.71. The van der Waals surface area contributed by atoms with E-state index in [0.29, 0.717) is 24.5 Å². The molecule has 2 aromatic heterocycles. The molecule has 0 aliphatic rings. The van der Waals surface area contributed by atoms with Crippen LogP contribution in [0.2, 0.25) is 0 Å². The van der Waals surface area contributed by atoms with E-state index in [0.717, 1.165) is 21.7 Å². The number of ether oxygens (including phenoxy) is 1. The van der Waals surface area contributed by atoms with Crippen molar-refractivity contribution in [1.29, 1.82) is 0 Å². The molecule has 8 heteroatoms. The summed E-state index contributed by atoms with van der Waals surface area (Å²) in [5.74, 6) is 0.686. The number of anilines is 1. The molecule has 1 aromatic carbocycles. The van der Waals surface area contributed by atoms with E-state index in [1.54, 1.807) is 31.8 Å². The van der Waals surface area contributed by atoms with E-state index in [1.807, 2.05) is 39.0 Å². The van der Waals surface area contributed by atoms with Gasteiger partial charge in [0, 0.05) is 54.3 Å². The first kappa shape index (κ1) is 21.8. The van der Waals surface area contributed by atoms with Gasteiger partial charge in [-0.05, 0) is 45.2 Å². The Labute approximate surface area is 180 Å². The minimum atomic E-state index is -0.534. The Balaban J connectivity index is 1.85. The summed E-state index contributed by atoms with van der Waals surface area (Å²) in [5, 5.41) is 6.13. The number of nitrogens with zero attached hydrogens (tertiary/aromatic N) is 3. The van der Waals surface area contributed by atoms with Crippen LogP contribution in [0.3, 0.4) is 0 Å². The first-order chi connectivity index (χ1) is 14.2. The molecule has 30 heavy (non-hydrogen) atoms. The Morgan fingerprint density at radius 3 is 2.63 bits per heavy atom. The van der Waals surface area contributed by atoms with Gasteiger partial charge in [0.15, 0.2) is 0 Å². The summed E-state index contributed by atoms with van der Waals surface area (Å²) < 4.78 is 5.38. The molecule has 0 fully saturated rings. The minimum Gasteiger partial charge on any atom is -0.444 e. The van der Waals surface area contributed by atoms with Gasteiger partial charge in [-0.2, -0.15) is 0 Å². The van der Waals surface area contributed by atoms with E-state index in [2.05, 4.69) is 10.3 Å². The number of hydrogen-bond acceptors (Lipinski definition) is 7. The molecule has 3 rings (SSSR count). The van der Waals surface area contributed by atoms with Crippen molar-refractivity contribution in [2.45, 2.75) is 26.4 Å². The van der Waals surface area contributed by atoms with Crippen molar-refractivity contribution in [3.05, 3.63) is 42.2 Å². The molecule has 0 atom stereocenters. The third-order valence-corrected chi connectivity index (χ3v) is 5.07. The van der Waals surface area contributed by atoms with Crippen molar-refractivity contribution < 1.29 is 14.3 Å². The molecule has 0 saturated carbocycles. The molecular weight excluding hydrogens is 400 g/mol. The molecule has 3 aromatic rings. The molecule has 7 nitrogen and oxygen atoms in total. The van der Waals surface area contributed by atoms with Gasteiger partial charge in [0.2, 0.25) is 5.12 Å². The van der Waals surface area contributed by atoms with Crippen LogP contribution in [0, 0.1) is 0 Å². The molecule has 1 N–H and O–H groups in total. The molecule has 0 aliphatic carbocycles. The zero-order chi connectivity index (χ0) is 21.9. The van der Waals surface area contributed by atoms with E-state index in [1.165, 1.54) is 16.7 Å². The Morgan fingerprint density at radius 1 is 1.17 bits per heavy atom. The lowest BCUT2D eigenvalue weighted by Gasteiger charge is -2.24. The van der Waals surface area contributed by atoms with Gasteiger partial charge in [0.05, 0.1) is 5.52 Å². The highest BCUT2D eigenvalue weighted by Gasteiger charge is 2.19. The van der Waals surface area contributed by atoms with E-state index in [-0.39, 0.29) is 11.2 Å². The van der Waals surface area contributed by atoms with Crippen LogP contribution in [-0.2, 0) is 4.74 Å². The SMILES string of the molecule is CSC(=O)c1ccc2c(c1)nc(NCCN(C)C(=O)OC(C)(C)C)c1ccncc12. The predicted octanol–water partition coefficient (Wildman–Crippen LogP) is 4.57. The molecular formula is C22H26N4O3S. The minimum absolute atomic E-state index is 0.00141. The van der Waals surface area contributed by atoms with Crippen LogP contribution in [0.5, 0.6) is 0 Å². The lowest BCUT2D eigenvalue weighted by Crippen LogP contribution is -2.36. The van der Waals surface area contributed by atoms with E-state index >= 15 is 0 Å². The third kappa shape index (κ3) is 4.99. The number of pyridine rings is 2. The Morgan fingerprint density at radius 2 is 1.93 bits per heavy atom. The van der Waals surface area contributed by atoms with Crippen LogP contribution in [0.4, 0.5) is 10.6 Å². The monoisotopic (exact) mass is 426 g/mol. The maximum Gasteiger partial charge on any atom is 0.410 e. The first-order valence-corrected chi connectivity index (χ1v) is 10.9. The number of nitrogens with one attached hydrogen (secondary N) is 1. The van der Waals surface area contributed by atoms with Crippen LogP contribution >= 0.6 is 11.8 Å². The summed E-state index contributed by atoms with van der Waals surface area (Å²) >= 11 is 1.17. The molecule has 0 unspecified atom stereocenters. The first-order valence-electron chi connectivity index (χ1n) is 9.63. The topological polar surface area (TPSA) is 84.4 Å². The fraction of sp³-hybridized carbons (Fsp3) is 0.364. The van der Waals surface area contributed by atoms with Gasteiger partial charge >= 0.3 is 6.09 Å². The van der Waals surface area contributed by atoms with Gasteiger partial charge in [0.1, 0.15) is 11.4 Å². The molecule has 0 bridgehead atoms. The van der Waals surface area contributed by atoms with Crippen LogP contribution in [-0.4, -0.2) is 58.1 Å².